The summed E-state index contributed by atoms with van der Waals surface area (Å²) in [6.07, 6.45) is 7.30. The van der Waals surface area contributed by atoms with Crippen LogP contribution in [0.3, 0.4) is 0 Å². The lowest BCUT2D eigenvalue weighted by Gasteiger charge is -2.60. The highest BCUT2D eigenvalue weighted by Gasteiger charge is 2.57. The van der Waals surface area contributed by atoms with E-state index in [0.717, 1.165) is 31.1 Å². The zero-order valence-corrected chi connectivity index (χ0v) is 13.0. The lowest BCUT2D eigenvalue weighted by Crippen LogP contribution is -2.56. The molecule has 1 aromatic rings. The van der Waals surface area contributed by atoms with Gasteiger partial charge >= 0.3 is 5.97 Å². The molecule has 4 bridgehead atoms. The van der Waals surface area contributed by atoms with Gasteiger partial charge in [0.25, 0.3) is 0 Å². The van der Waals surface area contributed by atoms with Crippen LogP contribution in [-0.4, -0.2) is 11.6 Å². The van der Waals surface area contributed by atoms with Gasteiger partial charge in [-0.3, -0.25) is 0 Å². The average molecular weight is 284 g/mol. The molecule has 5 rings (SSSR count). The lowest BCUT2D eigenvalue weighted by molar-refractivity contribution is -0.161. The van der Waals surface area contributed by atoms with E-state index in [1.54, 1.807) is 0 Å². The Hall–Kier alpha value is -1.31. The van der Waals surface area contributed by atoms with E-state index in [2.05, 4.69) is 6.92 Å². The SMILES string of the molecule is Cc1ccc(C(=O)OC23CC4CC(CC(C)(C4)C2)C3)cc1. The molecule has 0 saturated heterocycles. The van der Waals surface area contributed by atoms with Crippen molar-refractivity contribution in [1.82, 2.24) is 0 Å². The van der Waals surface area contributed by atoms with Gasteiger partial charge < -0.3 is 4.74 Å². The minimum absolute atomic E-state index is 0.124. The number of ether oxygens (including phenoxy) is 1. The lowest BCUT2D eigenvalue weighted by atomic mass is 9.48. The number of carbonyl (C=O) groups excluding carboxylic acids is 1. The Kier molecular flexibility index (Phi) is 2.76. The first-order valence-corrected chi connectivity index (χ1v) is 8.25. The molecular formula is C19H24O2. The molecule has 0 aromatic heterocycles. The second kappa shape index (κ2) is 4.34. The van der Waals surface area contributed by atoms with E-state index in [9.17, 15) is 4.79 Å². The molecule has 4 fully saturated rings. The van der Waals surface area contributed by atoms with E-state index < -0.39 is 0 Å². The van der Waals surface area contributed by atoms with Gasteiger partial charge in [-0.1, -0.05) is 24.6 Å². The van der Waals surface area contributed by atoms with Crippen LogP contribution in [0.1, 0.15) is 61.4 Å². The maximum Gasteiger partial charge on any atom is 0.338 e. The van der Waals surface area contributed by atoms with E-state index in [-0.39, 0.29) is 11.6 Å². The summed E-state index contributed by atoms with van der Waals surface area (Å²) >= 11 is 0. The fourth-order valence-corrected chi connectivity index (χ4v) is 5.69. The summed E-state index contributed by atoms with van der Waals surface area (Å²) in [6, 6.07) is 7.74. The number of hydrogen-bond acceptors (Lipinski definition) is 2. The van der Waals surface area contributed by atoms with E-state index in [1.807, 2.05) is 31.2 Å². The molecular weight excluding hydrogens is 260 g/mol. The van der Waals surface area contributed by atoms with Gasteiger partial charge in [-0.2, -0.15) is 0 Å². The van der Waals surface area contributed by atoms with E-state index >= 15 is 0 Å². The number of benzene rings is 1. The topological polar surface area (TPSA) is 26.3 Å². The fourth-order valence-electron chi connectivity index (χ4n) is 5.69. The van der Waals surface area contributed by atoms with Crippen molar-refractivity contribution in [2.24, 2.45) is 17.3 Å². The molecule has 21 heavy (non-hydrogen) atoms. The molecule has 2 unspecified atom stereocenters. The number of rotatable bonds is 2. The van der Waals surface area contributed by atoms with E-state index in [4.69, 9.17) is 4.74 Å². The quantitative estimate of drug-likeness (QED) is 0.747. The molecule has 0 amide bonds. The van der Waals surface area contributed by atoms with Crippen molar-refractivity contribution in [2.45, 2.75) is 58.0 Å². The predicted molar refractivity (Wildman–Crippen MR) is 82.1 cm³/mol. The summed E-state index contributed by atoms with van der Waals surface area (Å²) < 4.78 is 6.10. The molecule has 0 spiro atoms. The van der Waals surface area contributed by atoms with Gasteiger partial charge in [0.15, 0.2) is 0 Å². The van der Waals surface area contributed by atoms with Crippen molar-refractivity contribution in [1.29, 1.82) is 0 Å². The van der Waals surface area contributed by atoms with Crippen LogP contribution in [0.25, 0.3) is 0 Å². The Balaban J connectivity index is 1.56. The summed E-state index contributed by atoms with van der Waals surface area (Å²) in [6.45, 7) is 4.44. The first kappa shape index (κ1) is 13.4. The largest absolute Gasteiger partial charge is 0.455 e. The molecule has 2 nitrogen and oxygen atoms in total. The standard InChI is InChI=1S/C19H24O2/c1-13-3-5-16(6-4-13)17(20)21-19-10-14-7-15(11-19)9-18(2,8-14)12-19/h3-6,14-15H,7-12H2,1-2H3. The molecule has 112 valence electrons. The molecule has 0 radical (unpaired) electrons. The number of carbonyl (C=O) groups is 1. The smallest absolute Gasteiger partial charge is 0.338 e. The minimum Gasteiger partial charge on any atom is -0.455 e. The third-order valence-electron chi connectivity index (χ3n) is 5.90. The Bertz CT molecular complexity index is 558. The number of hydrogen-bond donors (Lipinski definition) is 0. The first-order chi connectivity index (χ1) is 9.95. The molecule has 0 heterocycles. The van der Waals surface area contributed by atoms with Crippen molar-refractivity contribution < 1.29 is 9.53 Å². The third-order valence-corrected chi connectivity index (χ3v) is 5.90. The predicted octanol–water partition coefficient (Wildman–Crippen LogP) is 4.51. The molecule has 2 atom stereocenters. The van der Waals surface area contributed by atoms with Gasteiger partial charge in [-0.05, 0) is 74.8 Å². The van der Waals surface area contributed by atoms with Crippen molar-refractivity contribution in [3.63, 3.8) is 0 Å². The number of aryl methyl sites for hydroxylation is 1. The Morgan fingerprint density at radius 2 is 1.71 bits per heavy atom. The molecule has 4 aliphatic carbocycles. The summed E-state index contributed by atoms with van der Waals surface area (Å²) in [5.41, 5.74) is 2.12. The summed E-state index contributed by atoms with van der Waals surface area (Å²) in [7, 11) is 0. The Morgan fingerprint density at radius 3 is 2.29 bits per heavy atom. The fraction of sp³-hybridized carbons (Fsp3) is 0.632. The van der Waals surface area contributed by atoms with Gasteiger partial charge in [-0.25, -0.2) is 4.79 Å². The molecule has 4 aliphatic rings. The highest BCUT2D eigenvalue weighted by atomic mass is 16.6. The van der Waals surface area contributed by atoms with Crippen molar-refractivity contribution >= 4 is 5.97 Å². The Morgan fingerprint density at radius 1 is 1.10 bits per heavy atom. The molecule has 0 aliphatic heterocycles. The molecule has 0 N–H and O–H groups in total. The first-order valence-electron chi connectivity index (χ1n) is 8.25. The van der Waals surface area contributed by atoms with Gasteiger partial charge in [0.2, 0.25) is 0 Å². The minimum atomic E-state index is -0.166. The Labute approximate surface area is 126 Å². The van der Waals surface area contributed by atoms with Crippen LogP contribution in [0, 0.1) is 24.2 Å². The van der Waals surface area contributed by atoms with E-state index in [1.165, 1.54) is 24.8 Å². The molecule has 1 aromatic carbocycles. The second-order valence-corrected chi connectivity index (χ2v) is 8.21. The van der Waals surface area contributed by atoms with Crippen molar-refractivity contribution in [3.8, 4) is 0 Å². The second-order valence-electron chi connectivity index (χ2n) is 8.21. The molecule has 4 saturated carbocycles. The molecule has 2 heteroatoms. The van der Waals surface area contributed by atoms with Crippen LogP contribution in [0.15, 0.2) is 24.3 Å². The van der Waals surface area contributed by atoms with Crippen LogP contribution in [0.5, 0.6) is 0 Å². The summed E-state index contributed by atoms with van der Waals surface area (Å²) in [4.78, 5) is 12.5. The van der Waals surface area contributed by atoms with Gasteiger partial charge in [0.05, 0.1) is 5.56 Å². The van der Waals surface area contributed by atoms with Gasteiger partial charge in [-0.15, -0.1) is 0 Å². The van der Waals surface area contributed by atoms with Crippen LogP contribution in [0.2, 0.25) is 0 Å². The van der Waals surface area contributed by atoms with Crippen LogP contribution < -0.4 is 0 Å². The monoisotopic (exact) mass is 284 g/mol. The van der Waals surface area contributed by atoms with Gasteiger partial charge in [0.1, 0.15) is 5.60 Å². The summed E-state index contributed by atoms with van der Waals surface area (Å²) in [5.74, 6) is 1.43. The highest BCUT2D eigenvalue weighted by Crippen LogP contribution is 2.62. The van der Waals surface area contributed by atoms with E-state index in [0.29, 0.717) is 11.0 Å². The number of esters is 1. The maximum atomic E-state index is 12.5. The normalized spacial score (nSPS) is 40.3. The summed E-state index contributed by atoms with van der Waals surface area (Å²) in [5, 5.41) is 0. The van der Waals surface area contributed by atoms with Crippen LogP contribution >= 0.6 is 0 Å². The third kappa shape index (κ3) is 2.29. The average Bonchev–Trinajstić information content (AvgIpc) is 2.35. The zero-order valence-electron chi connectivity index (χ0n) is 13.0. The van der Waals surface area contributed by atoms with Crippen molar-refractivity contribution in [3.05, 3.63) is 35.4 Å². The maximum absolute atomic E-state index is 12.5. The van der Waals surface area contributed by atoms with Gasteiger partial charge in [0, 0.05) is 0 Å². The zero-order chi connectivity index (χ0) is 14.7. The van der Waals surface area contributed by atoms with Crippen LogP contribution in [-0.2, 0) is 4.74 Å². The van der Waals surface area contributed by atoms with Crippen molar-refractivity contribution in [2.75, 3.05) is 0 Å². The highest BCUT2D eigenvalue weighted by molar-refractivity contribution is 5.89. The van der Waals surface area contributed by atoms with Crippen LogP contribution in [0.4, 0.5) is 0 Å².